The van der Waals surface area contributed by atoms with Gasteiger partial charge in [-0.3, -0.25) is 14.4 Å². The van der Waals surface area contributed by atoms with Gasteiger partial charge >= 0.3 is 59.1 Å². The first-order chi connectivity index (χ1) is 48.7. The first kappa shape index (κ1) is 98.3. The van der Waals surface area contributed by atoms with Gasteiger partial charge in [-0.2, -0.15) is 0 Å². The zero-order chi connectivity index (χ0) is 75.5. The summed E-state index contributed by atoms with van der Waals surface area (Å²) in [6.07, 6.45) is -9.25. The van der Waals surface area contributed by atoms with Gasteiger partial charge in [-0.05, 0) is 19.3 Å². The molecule has 4 fully saturated rings. The summed E-state index contributed by atoms with van der Waals surface area (Å²) in [6.45, 7) is 0.955. The number of rotatable bonds is 52. The van der Waals surface area contributed by atoms with Crippen LogP contribution in [0.3, 0.4) is 0 Å². The Balaban J connectivity index is 0.0000184. The molecule has 0 aliphatic carbocycles. The molecule has 0 aromatic rings. The zero-order valence-electron chi connectivity index (χ0n) is 62.0. The van der Waals surface area contributed by atoms with Crippen LogP contribution in [0.25, 0.3) is 0 Å². The average molecular weight is 1520 g/mol. The van der Waals surface area contributed by atoms with E-state index < -0.39 is 216 Å². The predicted octanol–water partition coefficient (Wildman–Crippen LogP) is -8.32. The van der Waals surface area contributed by atoms with Crippen LogP contribution in [0.5, 0.6) is 0 Å². The molecular formula is C70H123N3Na2O29. The quantitative estimate of drug-likeness (QED) is 0.0153. The molecule has 34 heteroatoms. The summed E-state index contributed by atoms with van der Waals surface area (Å²) in [7, 11) is 0. The van der Waals surface area contributed by atoms with E-state index in [1.807, 2.05) is 6.08 Å². The third kappa shape index (κ3) is 31.4. The number of unbranched alkanes of at least 4 members (excludes halogenated alkanes) is 25. The van der Waals surface area contributed by atoms with E-state index in [2.05, 4.69) is 29.8 Å². The van der Waals surface area contributed by atoms with E-state index in [0.29, 0.717) is 12.8 Å². The number of carbonyl (C=O) groups excluding carboxylic acids is 5. The van der Waals surface area contributed by atoms with Crippen molar-refractivity contribution < 1.29 is 203 Å². The minimum Gasteiger partial charge on any atom is -0.544 e. The van der Waals surface area contributed by atoms with Gasteiger partial charge in [0.15, 0.2) is 12.6 Å². The molecule has 0 aromatic heterocycles. The minimum absolute atomic E-state index is 0. The van der Waals surface area contributed by atoms with Crippen molar-refractivity contribution in [1.29, 1.82) is 0 Å². The number of hydrogen-bond acceptors (Lipinski definition) is 29. The number of hydrogen-bond donors (Lipinski definition) is 17. The molecule has 24 unspecified atom stereocenters. The van der Waals surface area contributed by atoms with Gasteiger partial charge in [-0.15, -0.1) is 0 Å². The standard InChI is InChI=1S/C70H125N3O29.2Na/c1-5-7-9-11-13-15-17-19-20-22-24-26-28-30-32-34-52(84)73-44(45(80)33-31-29-27-25-23-21-18-16-14-12-10-8-6-2)41-95-65-59(89)58(88)61(51(40-77)97-65)98-66-60(90)64(56(86)49(38-75)96-66)102-70(68(93)94)36-47(82)54(72-43(4)79)63(101-70)57(87)50(39-76)99-69(67(91)92)35-46(81)53(71-42(3)78)62(100-69)55(85)48(83)37-74;;/h31,33,44-51,53-66,74-77,80-83,85-90H,5-30,32,34-41H2,1-4H3,(H,71,78)(H,72,79)(H,73,84)(H,91,92)(H,93,94);;/q;2*+1/p-2. The van der Waals surface area contributed by atoms with E-state index in [1.165, 1.54) is 109 Å². The van der Waals surface area contributed by atoms with Gasteiger partial charge in [0.1, 0.15) is 97.4 Å². The SMILES string of the molecule is CCCCCCCCCCCCCC=CC(O)C(COC1OC(CO)C(OC2OC(CO)C(O)C(OC3(C(=O)[O-])CC(O)C(NC(C)=O)C(C(O)C(CO)OC4(C(=O)[O-])CC(O)C(NC(C)=O)C(C(O)C(O)CO)O4)O3)C2O)C(O)C1O)NC(=O)CCCCCCCCCCCCCCCCC.[Na+].[Na+]. The van der Waals surface area contributed by atoms with Gasteiger partial charge in [0, 0.05) is 33.1 Å². The molecule has 0 saturated carbocycles. The van der Waals surface area contributed by atoms with Crippen LogP contribution >= 0.6 is 0 Å². The van der Waals surface area contributed by atoms with Crippen molar-refractivity contribution in [3.63, 3.8) is 0 Å². The maximum atomic E-state index is 13.5. The summed E-state index contributed by atoms with van der Waals surface area (Å²) in [6, 6.07) is -4.81. The Morgan fingerprint density at radius 3 is 1.43 bits per heavy atom. The second-order valence-electron chi connectivity index (χ2n) is 27.9. The molecule has 0 aromatic carbocycles. The summed E-state index contributed by atoms with van der Waals surface area (Å²) in [5, 5.41) is 189. The molecule has 4 heterocycles. The molecule has 4 aliphatic rings. The molecule has 17 N–H and O–H groups in total. The molecule has 4 rings (SSSR count). The van der Waals surface area contributed by atoms with Crippen molar-refractivity contribution in [2.45, 2.75) is 366 Å². The monoisotopic (exact) mass is 1520 g/mol. The molecule has 4 aliphatic heterocycles. The first-order valence-electron chi connectivity index (χ1n) is 37.2. The second kappa shape index (κ2) is 52.4. The number of carboxylic acid groups (broad SMARTS) is 2. The molecular weight excluding hydrogens is 1390 g/mol. The zero-order valence-corrected chi connectivity index (χ0v) is 66.0. The number of nitrogens with one attached hydrogen (secondary N) is 3. The largest absolute Gasteiger partial charge is 1.00 e. The van der Waals surface area contributed by atoms with Crippen LogP contribution in [0, 0.1) is 0 Å². The third-order valence-corrected chi connectivity index (χ3v) is 19.4. The van der Waals surface area contributed by atoms with Gasteiger partial charge in [0.2, 0.25) is 29.3 Å². The van der Waals surface area contributed by atoms with Gasteiger partial charge in [-0.1, -0.05) is 180 Å². The Hall–Kier alpha value is -1.79. The molecule has 24 atom stereocenters. The van der Waals surface area contributed by atoms with Gasteiger partial charge < -0.3 is 145 Å². The second-order valence-corrected chi connectivity index (χ2v) is 27.9. The molecule has 594 valence electrons. The number of aliphatic hydroxyl groups excluding tert-OH is 14. The Kier molecular flexibility index (Phi) is 49.6. The third-order valence-electron chi connectivity index (χ3n) is 19.4. The van der Waals surface area contributed by atoms with E-state index in [4.69, 9.17) is 37.9 Å². The maximum absolute atomic E-state index is 13.5. The topological polar surface area (TPSA) is 525 Å². The van der Waals surface area contributed by atoms with Crippen LogP contribution < -0.4 is 85.3 Å². The fourth-order valence-corrected chi connectivity index (χ4v) is 13.5. The number of carbonyl (C=O) groups is 5. The molecule has 4 saturated heterocycles. The van der Waals surface area contributed by atoms with Crippen molar-refractivity contribution in [2.24, 2.45) is 0 Å². The summed E-state index contributed by atoms with van der Waals surface area (Å²) >= 11 is 0. The Morgan fingerprint density at radius 1 is 0.538 bits per heavy atom. The maximum Gasteiger partial charge on any atom is 1.00 e. The van der Waals surface area contributed by atoms with Crippen molar-refractivity contribution in [3.8, 4) is 0 Å². The molecule has 32 nitrogen and oxygen atoms in total. The average Bonchev–Trinajstić information content (AvgIpc) is 0.756. The van der Waals surface area contributed by atoms with Crippen LogP contribution in [-0.2, 0) is 61.9 Å². The minimum atomic E-state index is -3.51. The van der Waals surface area contributed by atoms with E-state index in [0.717, 1.165) is 65.2 Å². The Labute approximate surface area is 655 Å². The number of aliphatic carboxylic acids is 2. The summed E-state index contributed by atoms with van der Waals surface area (Å²) < 4.78 is 46.1. The molecule has 0 spiro atoms. The van der Waals surface area contributed by atoms with Crippen LogP contribution in [0.15, 0.2) is 12.2 Å². The number of amides is 3. The van der Waals surface area contributed by atoms with Crippen molar-refractivity contribution in [1.82, 2.24) is 16.0 Å². The van der Waals surface area contributed by atoms with Crippen LogP contribution in [0.2, 0.25) is 0 Å². The van der Waals surface area contributed by atoms with Gasteiger partial charge in [-0.25, -0.2) is 0 Å². The van der Waals surface area contributed by atoms with Crippen LogP contribution in [-0.4, -0.2) is 280 Å². The van der Waals surface area contributed by atoms with E-state index >= 15 is 0 Å². The molecule has 0 bridgehead atoms. The molecule has 0 radical (unpaired) electrons. The Morgan fingerprint density at radius 2 is 0.981 bits per heavy atom. The van der Waals surface area contributed by atoms with E-state index in [1.54, 1.807) is 6.08 Å². The fourth-order valence-electron chi connectivity index (χ4n) is 13.5. The normalized spacial score (nSPS) is 31.1. The Bertz CT molecular complexity index is 2420. The van der Waals surface area contributed by atoms with Crippen LogP contribution in [0.4, 0.5) is 0 Å². The van der Waals surface area contributed by atoms with E-state index in [-0.39, 0.29) is 71.4 Å². The van der Waals surface area contributed by atoms with Crippen LogP contribution in [0.1, 0.15) is 220 Å². The smallest absolute Gasteiger partial charge is 0.544 e. The molecule has 104 heavy (non-hydrogen) atoms. The van der Waals surface area contributed by atoms with Crippen molar-refractivity contribution in [2.75, 3.05) is 33.0 Å². The summed E-state index contributed by atoms with van der Waals surface area (Å²) in [4.78, 5) is 64.7. The van der Waals surface area contributed by atoms with Crippen molar-refractivity contribution >= 4 is 29.7 Å². The molecule has 3 amide bonds. The fraction of sp³-hybridized carbons (Fsp3) is 0.900. The summed E-state index contributed by atoms with van der Waals surface area (Å²) in [5.41, 5.74) is 0. The van der Waals surface area contributed by atoms with Crippen molar-refractivity contribution in [3.05, 3.63) is 12.2 Å². The van der Waals surface area contributed by atoms with E-state index in [9.17, 15) is 106 Å². The number of allylic oxidation sites excluding steroid dienone is 1. The number of carboxylic acids is 2. The first-order valence-corrected chi connectivity index (χ1v) is 37.2. The summed E-state index contributed by atoms with van der Waals surface area (Å²) in [5.74, 6) is -13.9. The number of ether oxygens (including phenoxy) is 8. The predicted molar refractivity (Wildman–Crippen MR) is 358 cm³/mol. The van der Waals surface area contributed by atoms with Gasteiger partial charge in [0.05, 0.1) is 69.5 Å². The van der Waals surface area contributed by atoms with Gasteiger partial charge in [0.25, 0.3) is 0 Å². The number of aliphatic hydroxyl groups is 14.